The highest BCUT2D eigenvalue weighted by atomic mass is 16.6. The Morgan fingerprint density at radius 1 is 0.268 bits per heavy atom. The molecular formula is C30H63NO10. The Hall–Kier alpha value is -0.440. The monoisotopic (exact) mass is 597 g/mol. The van der Waals surface area contributed by atoms with Crippen LogP contribution in [0.25, 0.3) is 0 Å². The second-order valence-electron chi connectivity index (χ2n) is 9.39. The molecule has 0 aromatic rings. The highest BCUT2D eigenvalue weighted by Crippen LogP contribution is 2.08. The van der Waals surface area contributed by atoms with Crippen LogP contribution in [0, 0.1) is 0 Å². The molecule has 0 aliphatic heterocycles. The second-order valence-corrected chi connectivity index (χ2v) is 9.39. The predicted molar refractivity (Wildman–Crippen MR) is 160 cm³/mol. The van der Waals surface area contributed by atoms with Gasteiger partial charge in [-0.15, -0.1) is 0 Å². The van der Waals surface area contributed by atoms with Crippen LogP contribution < -0.4 is 5.73 Å². The molecule has 0 aliphatic carbocycles. The summed E-state index contributed by atoms with van der Waals surface area (Å²) in [6.45, 7) is 14.1. The quantitative estimate of drug-likeness (QED) is 0.106. The van der Waals surface area contributed by atoms with Crippen LogP contribution in [0.2, 0.25) is 0 Å². The molecule has 0 rings (SSSR count). The number of ether oxygens (including phenoxy) is 10. The van der Waals surface area contributed by atoms with E-state index in [1.165, 1.54) is 44.9 Å². The summed E-state index contributed by atoms with van der Waals surface area (Å²) < 4.78 is 54.5. The molecule has 2 N–H and O–H groups in total. The highest BCUT2D eigenvalue weighted by Gasteiger charge is 1.96. The molecule has 0 atom stereocenters. The van der Waals surface area contributed by atoms with Crippen LogP contribution in [0.3, 0.4) is 0 Å². The summed E-state index contributed by atoms with van der Waals surface area (Å²) in [6, 6.07) is 0. The third kappa shape index (κ3) is 39.6. The van der Waals surface area contributed by atoms with Gasteiger partial charge < -0.3 is 53.1 Å². The van der Waals surface area contributed by atoms with Gasteiger partial charge in [-0.3, -0.25) is 0 Å². The zero-order chi connectivity index (χ0) is 29.6. The van der Waals surface area contributed by atoms with E-state index in [-0.39, 0.29) is 0 Å². The minimum absolute atomic E-state index is 0.527. The maximum atomic E-state index is 5.61. The molecule has 0 saturated carbocycles. The molecule has 0 amide bonds. The lowest BCUT2D eigenvalue weighted by molar-refractivity contribution is -0.0263. The van der Waals surface area contributed by atoms with Crippen molar-refractivity contribution < 1.29 is 47.4 Å². The first-order chi connectivity index (χ1) is 20.4. The van der Waals surface area contributed by atoms with Gasteiger partial charge in [0.1, 0.15) is 0 Å². The average Bonchev–Trinajstić information content (AvgIpc) is 2.98. The van der Waals surface area contributed by atoms with Crippen LogP contribution in [0.4, 0.5) is 0 Å². The standard InChI is InChI=1S/C30H63NO10/c1-2-3-4-5-6-7-8-9-11-32-13-15-34-17-19-36-21-23-38-25-27-40-29-30-41-28-26-39-24-22-37-20-18-35-16-14-33-12-10-31/h2-31H2,1H3. The molecule has 0 unspecified atom stereocenters. The number of unbranched alkanes of at least 4 members (excludes halogenated alkanes) is 7. The van der Waals surface area contributed by atoms with Crippen LogP contribution in [0.1, 0.15) is 58.3 Å². The van der Waals surface area contributed by atoms with Gasteiger partial charge in [0, 0.05) is 13.2 Å². The minimum atomic E-state index is 0.527. The first-order valence-corrected chi connectivity index (χ1v) is 15.9. The maximum Gasteiger partial charge on any atom is 0.0701 e. The molecule has 0 aromatic carbocycles. The molecule has 0 aromatic heterocycles. The molecular weight excluding hydrogens is 534 g/mol. The van der Waals surface area contributed by atoms with E-state index in [0.29, 0.717) is 132 Å². The van der Waals surface area contributed by atoms with Gasteiger partial charge >= 0.3 is 0 Å². The molecule has 0 fully saturated rings. The summed E-state index contributed by atoms with van der Waals surface area (Å²) in [5, 5.41) is 0. The first kappa shape index (κ1) is 40.6. The lowest BCUT2D eigenvalue weighted by Gasteiger charge is -2.09. The fraction of sp³-hybridized carbons (Fsp3) is 1.00. The number of hydrogen-bond donors (Lipinski definition) is 1. The number of nitrogens with two attached hydrogens (primary N) is 1. The van der Waals surface area contributed by atoms with Crippen LogP contribution in [-0.4, -0.2) is 139 Å². The lowest BCUT2D eigenvalue weighted by atomic mass is 10.1. The molecule has 0 bridgehead atoms. The van der Waals surface area contributed by atoms with Crippen LogP contribution >= 0.6 is 0 Å². The van der Waals surface area contributed by atoms with Gasteiger partial charge in [0.15, 0.2) is 0 Å². The largest absolute Gasteiger partial charge is 0.379 e. The van der Waals surface area contributed by atoms with Gasteiger partial charge in [-0.25, -0.2) is 0 Å². The Balaban J connectivity index is 3.02. The van der Waals surface area contributed by atoms with Crippen molar-refractivity contribution in [2.45, 2.75) is 58.3 Å². The SMILES string of the molecule is CCCCCCCCCCOCCOCCOCCOCCOCCOCCOCCOCCOCCOCCN. The summed E-state index contributed by atoms with van der Waals surface area (Å²) in [7, 11) is 0. The molecule has 0 radical (unpaired) electrons. The third-order valence-corrected chi connectivity index (χ3v) is 5.75. The fourth-order valence-corrected chi connectivity index (χ4v) is 3.50. The third-order valence-electron chi connectivity index (χ3n) is 5.75. The Bertz CT molecular complexity index is 413. The maximum absolute atomic E-state index is 5.61. The zero-order valence-electron chi connectivity index (χ0n) is 26.2. The van der Waals surface area contributed by atoms with E-state index in [1.54, 1.807) is 0 Å². The van der Waals surface area contributed by atoms with E-state index >= 15 is 0 Å². The van der Waals surface area contributed by atoms with Crippen molar-refractivity contribution in [3.63, 3.8) is 0 Å². The first-order valence-electron chi connectivity index (χ1n) is 15.9. The summed E-state index contributed by atoms with van der Waals surface area (Å²) in [5.41, 5.74) is 5.33. The van der Waals surface area contributed by atoms with E-state index in [9.17, 15) is 0 Å². The van der Waals surface area contributed by atoms with Gasteiger partial charge in [-0.2, -0.15) is 0 Å². The van der Waals surface area contributed by atoms with Gasteiger partial charge in [0.05, 0.1) is 126 Å². The summed E-state index contributed by atoms with van der Waals surface area (Å²) in [6.07, 6.45) is 10.5. The van der Waals surface area contributed by atoms with Crippen molar-refractivity contribution >= 4 is 0 Å². The molecule has 11 heteroatoms. The minimum Gasteiger partial charge on any atom is -0.379 e. The summed E-state index contributed by atoms with van der Waals surface area (Å²) in [4.78, 5) is 0. The summed E-state index contributed by atoms with van der Waals surface area (Å²) >= 11 is 0. The Kier molecular flexibility index (Phi) is 39.1. The van der Waals surface area contributed by atoms with Gasteiger partial charge in [0.25, 0.3) is 0 Å². The molecule has 0 saturated heterocycles. The van der Waals surface area contributed by atoms with E-state index < -0.39 is 0 Å². The molecule has 0 aliphatic rings. The molecule has 248 valence electrons. The van der Waals surface area contributed by atoms with Crippen molar-refractivity contribution in [1.29, 1.82) is 0 Å². The van der Waals surface area contributed by atoms with Crippen LogP contribution in [0.5, 0.6) is 0 Å². The smallest absolute Gasteiger partial charge is 0.0701 e. The van der Waals surface area contributed by atoms with Crippen molar-refractivity contribution in [2.75, 3.05) is 139 Å². The summed E-state index contributed by atoms with van der Waals surface area (Å²) in [5.74, 6) is 0. The Morgan fingerprint density at radius 3 is 0.756 bits per heavy atom. The predicted octanol–water partition coefficient (Wildman–Crippen LogP) is 3.25. The molecule has 11 nitrogen and oxygen atoms in total. The highest BCUT2D eigenvalue weighted by molar-refractivity contribution is 4.46. The van der Waals surface area contributed by atoms with Gasteiger partial charge in [-0.1, -0.05) is 51.9 Å². The number of rotatable bonds is 38. The second kappa shape index (κ2) is 39.6. The Morgan fingerprint density at radius 2 is 0.488 bits per heavy atom. The van der Waals surface area contributed by atoms with Gasteiger partial charge in [-0.05, 0) is 6.42 Å². The van der Waals surface area contributed by atoms with Crippen molar-refractivity contribution in [2.24, 2.45) is 5.73 Å². The average molecular weight is 598 g/mol. The number of hydrogen-bond acceptors (Lipinski definition) is 11. The van der Waals surface area contributed by atoms with Crippen LogP contribution in [-0.2, 0) is 47.4 Å². The molecule has 0 heterocycles. The van der Waals surface area contributed by atoms with E-state index in [1.807, 2.05) is 0 Å². The van der Waals surface area contributed by atoms with Crippen molar-refractivity contribution in [1.82, 2.24) is 0 Å². The Labute approximate surface area is 250 Å². The zero-order valence-corrected chi connectivity index (χ0v) is 26.2. The van der Waals surface area contributed by atoms with Crippen molar-refractivity contribution in [3.8, 4) is 0 Å². The van der Waals surface area contributed by atoms with Crippen molar-refractivity contribution in [3.05, 3.63) is 0 Å². The topological polar surface area (TPSA) is 118 Å². The van der Waals surface area contributed by atoms with E-state index in [2.05, 4.69) is 6.92 Å². The lowest BCUT2D eigenvalue weighted by Crippen LogP contribution is -2.15. The van der Waals surface area contributed by atoms with Gasteiger partial charge in [0.2, 0.25) is 0 Å². The van der Waals surface area contributed by atoms with Crippen LogP contribution in [0.15, 0.2) is 0 Å². The fourth-order valence-electron chi connectivity index (χ4n) is 3.50. The van der Waals surface area contributed by atoms with E-state index in [0.717, 1.165) is 13.0 Å². The molecule has 41 heavy (non-hydrogen) atoms. The van der Waals surface area contributed by atoms with E-state index in [4.69, 9.17) is 53.1 Å². The molecule has 0 spiro atoms. The normalized spacial score (nSPS) is 11.6.